The number of carbonyl (C=O) groups excluding carboxylic acids is 2. The number of hydrogen-bond donors (Lipinski definition) is 2. The molecule has 0 radical (unpaired) electrons. The van der Waals surface area contributed by atoms with E-state index in [1.165, 1.54) is 6.33 Å². The molecule has 22 heavy (non-hydrogen) atoms. The minimum atomic E-state index is -0.703. The molecule has 0 saturated heterocycles. The highest BCUT2D eigenvalue weighted by Gasteiger charge is 2.12. The van der Waals surface area contributed by atoms with E-state index in [2.05, 4.69) is 20.7 Å². The summed E-state index contributed by atoms with van der Waals surface area (Å²) in [7, 11) is 1.58. The van der Waals surface area contributed by atoms with Crippen LogP contribution in [0.2, 0.25) is 0 Å². The second-order valence-corrected chi connectivity index (χ2v) is 4.44. The molecule has 2 rings (SSSR count). The minimum Gasteiger partial charge on any atom is -0.385 e. The van der Waals surface area contributed by atoms with Gasteiger partial charge in [0.2, 0.25) is 0 Å². The van der Waals surface area contributed by atoms with Crippen LogP contribution in [-0.2, 0) is 14.3 Å². The first kappa shape index (κ1) is 15.6. The Morgan fingerprint density at radius 1 is 1.23 bits per heavy atom. The molecule has 0 bridgehead atoms. The number of aromatic nitrogens is 3. The highest BCUT2D eigenvalue weighted by atomic mass is 16.5. The Balaban J connectivity index is 1.85. The Morgan fingerprint density at radius 2 is 2.00 bits per heavy atom. The van der Waals surface area contributed by atoms with Gasteiger partial charge in [-0.15, -0.1) is 0 Å². The molecule has 0 atom stereocenters. The van der Waals surface area contributed by atoms with Crippen molar-refractivity contribution in [3.05, 3.63) is 36.9 Å². The van der Waals surface area contributed by atoms with Gasteiger partial charge < -0.3 is 15.4 Å². The van der Waals surface area contributed by atoms with E-state index >= 15 is 0 Å². The number of nitrogens with one attached hydrogen (secondary N) is 2. The SMILES string of the molecule is COCCCNC(=O)C(=O)Nc1ccc(-n2cncn2)cc1. The van der Waals surface area contributed by atoms with Crippen LogP contribution in [0.25, 0.3) is 5.69 Å². The van der Waals surface area contributed by atoms with Crippen LogP contribution in [0.15, 0.2) is 36.9 Å². The Hall–Kier alpha value is -2.74. The van der Waals surface area contributed by atoms with Crippen LogP contribution in [0, 0.1) is 0 Å². The van der Waals surface area contributed by atoms with Crippen LogP contribution in [-0.4, -0.2) is 46.8 Å². The lowest BCUT2D eigenvalue weighted by Crippen LogP contribution is -2.36. The number of benzene rings is 1. The van der Waals surface area contributed by atoms with E-state index in [9.17, 15) is 9.59 Å². The van der Waals surface area contributed by atoms with Gasteiger partial charge in [-0.3, -0.25) is 9.59 Å². The monoisotopic (exact) mass is 303 g/mol. The first-order chi connectivity index (χ1) is 10.7. The molecule has 2 N–H and O–H groups in total. The molecule has 1 aromatic heterocycles. The van der Waals surface area contributed by atoms with E-state index < -0.39 is 11.8 Å². The predicted octanol–water partition coefficient (Wildman–Crippen LogP) is 0.358. The van der Waals surface area contributed by atoms with Crippen LogP contribution < -0.4 is 10.6 Å². The third-order valence-corrected chi connectivity index (χ3v) is 2.83. The van der Waals surface area contributed by atoms with Gasteiger partial charge in [0, 0.05) is 25.9 Å². The normalized spacial score (nSPS) is 10.2. The first-order valence-electron chi connectivity index (χ1n) is 6.74. The lowest BCUT2D eigenvalue weighted by molar-refractivity contribution is -0.136. The van der Waals surface area contributed by atoms with Gasteiger partial charge in [0.25, 0.3) is 0 Å². The zero-order valence-electron chi connectivity index (χ0n) is 12.2. The summed E-state index contributed by atoms with van der Waals surface area (Å²) in [6.07, 6.45) is 3.66. The molecule has 116 valence electrons. The number of ether oxygens (including phenoxy) is 1. The average molecular weight is 303 g/mol. The summed E-state index contributed by atoms with van der Waals surface area (Å²) in [5, 5.41) is 9.04. The van der Waals surface area contributed by atoms with Crippen molar-refractivity contribution >= 4 is 17.5 Å². The van der Waals surface area contributed by atoms with Gasteiger partial charge in [-0.2, -0.15) is 5.10 Å². The highest BCUT2D eigenvalue weighted by molar-refractivity contribution is 6.39. The molecule has 1 heterocycles. The average Bonchev–Trinajstić information content (AvgIpc) is 3.06. The number of hydrogen-bond acceptors (Lipinski definition) is 5. The van der Waals surface area contributed by atoms with E-state index in [1.54, 1.807) is 42.4 Å². The van der Waals surface area contributed by atoms with Gasteiger partial charge in [0.15, 0.2) is 0 Å². The van der Waals surface area contributed by atoms with E-state index in [4.69, 9.17) is 4.74 Å². The molecule has 0 aliphatic carbocycles. The Kier molecular flexibility index (Phi) is 5.61. The lowest BCUT2D eigenvalue weighted by atomic mass is 10.3. The summed E-state index contributed by atoms with van der Waals surface area (Å²) in [6.45, 7) is 0.928. The van der Waals surface area contributed by atoms with Gasteiger partial charge >= 0.3 is 11.8 Å². The number of amides is 2. The molecule has 0 fully saturated rings. The third kappa shape index (κ3) is 4.38. The molecule has 0 aliphatic rings. The summed E-state index contributed by atoms with van der Waals surface area (Å²) in [5.74, 6) is -1.37. The third-order valence-electron chi connectivity index (χ3n) is 2.83. The van der Waals surface area contributed by atoms with Crippen molar-refractivity contribution in [2.45, 2.75) is 6.42 Å². The van der Waals surface area contributed by atoms with E-state index in [0.29, 0.717) is 25.3 Å². The number of rotatable bonds is 6. The molecule has 8 nitrogen and oxygen atoms in total. The lowest BCUT2D eigenvalue weighted by Gasteiger charge is -2.07. The molecule has 0 aliphatic heterocycles. The number of anilines is 1. The maximum Gasteiger partial charge on any atom is 0.313 e. The van der Waals surface area contributed by atoms with Crippen LogP contribution in [0.5, 0.6) is 0 Å². The maximum atomic E-state index is 11.7. The maximum absolute atomic E-state index is 11.7. The van der Waals surface area contributed by atoms with E-state index in [-0.39, 0.29) is 0 Å². The van der Waals surface area contributed by atoms with Crippen LogP contribution >= 0.6 is 0 Å². The second kappa shape index (κ2) is 7.89. The standard InChI is InChI=1S/C14H17N5O3/c1-22-8-2-7-16-13(20)14(21)18-11-3-5-12(6-4-11)19-10-15-9-17-19/h3-6,9-10H,2,7-8H2,1H3,(H,16,20)(H,18,21). The minimum absolute atomic E-state index is 0.394. The predicted molar refractivity (Wildman–Crippen MR) is 79.5 cm³/mol. The Labute approximate surface area is 127 Å². The van der Waals surface area contributed by atoms with Gasteiger partial charge in [-0.25, -0.2) is 9.67 Å². The number of methoxy groups -OCH3 is 1. The quantitative estimate of drug-likeness (QED) is 0.593. The smallest absolute Gasteiger partial charge is 0.313 e. The molecule has 2 aromatic rings. The summed E-state index contributed by atoms with van der Waals surface area (Å²) >= 11 is 0. The van der Waals surface area contributed by atoms with Crippen LogP contribution in [0.4, 0.5) is 5.69 Å². The Bertz CT molecular complexity index is 610. The van der Waals surface area contributed by atoms with Crippen LogP contribution in [0.1, 0.15) is 6.42 Å². The fourth-order valence-corrected chi connectivity index (χ4v) is 1.73. The molecule has 8 heteroatoms. The molecule has 0 saturated carbocycles. The van der Waals surface area contributed by atoms with E-state index in [0.717, 1.165) is 5.69 Å². The molecular weight excluding hydrogens is 286 g/mol. The fraction of sp³-hybridized carbons (Fsp3) is 0.286. The topological polar surface area (TPSA) is 98.1 Å². The van der Waals surface area contributed by atoms with Crippen molar-refractivity contribution in [3.63, 3.8) is 0 Å². The molecule has 0 unspecified atom stereocenters. The summed E-state index contributed by atoms with van der Waals surface area (Å²) < 4.78 is 6.45. The second-order valence-electron chi connectivity index (χ2n) is 4.44. The van der Waals surface area contributed by atoms with Gasteiger partial charge in [-0.1, -0.05) is 0 Å². The van der Waals surface area contributed by atoms with Crippen molar-refractivity contribution in [1.82, 2.24) is 20.1 Å². The zero-order valence-corrected chi connectivity index (χ0v) is 12.2. The van der Waals surface area contributed by atoms with Crippen molar-refractivity contribution in [2.24, 2.45) is 0 Å². The fourth-order valence-electron chi connectivity index (χ4n) is 1.73. The summed E-state index contributed by atoms with van der Waals surface area (Å²) in [4.78, 5) is 27.1. The van der Waals surface area contributed by atoms with Gasteiger partial charge in [0.05, 0.1) is 5.69 Å². The summed E-state index contributed by atoms with van der Waals surface area (Å²) in [5.41, 5.74) is 1.33. The zero-order chi connectivity index (χ0) is 15.8. The summed E-state index contributed by atoms with van der Waals surface area (Å²) in [6, 6.07) is 6.90. The Morgan fingerprint density at radius 3 is 2.64 bits per heavy atom. The molecule has 0 spiro atoms. The first-order valence-corrected chi connectivity index (χ1v) is 6.74. The van der Waals surface area contributed by atoms with Crippen molar-refractivity contribution in [3.8, 4) is 5.69 Å². The van der Waals surface area contributed by atoms with Crippen molar-refractivity contribution < 1.29 is 14.3 Å². The molecular formula is C14H17N5O3. The largest absolute Gasteiger partial charge is 0.385 e. The van der Waals surface area contributed by atoms with Gasteiger partial charge in [0.1, 0.15) is 12.7 Å². The van der Waals surface area contributed by atoms with Crippen LogP contribution in [0.3, 0.4) is 0 Å². The highest BCUT2D eigenvalue weighted by Crippen LogP contribution is 2.11. The molecule has 1 aromatic carbocycles. The molecule has 2 amide bonds. The van der Waals surface area contributed by atoms with Crippen molar-refractivity contribution in [1.29, 1.82) is 0 Å². The number of carbonyl (C=O) groups is 2. The van der Waals surface area contributed by atoms with Crippen molar-refractivity contribution in [2.75, 3.05) is 25.6 Å². The van der Waals surface area contributed by atoms with Gasteiger partial charge in [-0.05, 0) is 30.7 Å². The number of nitrogens with zero attached hydrogens (tertiary/aromatic N) is 3. The van der Waals surface area contributed by atoms with E-state index in [1.807, 2.05) is 0 Å².